The van der Waals surface area contributed by atoms with Crippen LogP contribution in [0, 0.1) is 0 Å². The quantitative estimate of drug-likeness (QED) is 0.666. The Kier molecular flexibility index (Phi) is 2.59. The SMILES string of the molecule is CNc1ccc(-c2cc(O)ccc2O)nn1. The zero-order valence-corrected chi connectivity index (χ0v) is 8.68. The molecule has 5 heteroatoms. The van der Waals surface area contributed by atoms with Gasteiger partial charge in [-0.1, -0.05) is 0 Å². The lowest BCUT2D eigenvalue weighted by molar-refractivity contribution is 0.461. The maximum Gasteiger partial charge on any atom is 0.148 e. The maximum absolute atomic E-state index is 9.62. The summed E-state index contributed by atoms with van der Waals surface area (Å²) in [4.78, 5) is 0. The van der Waals surface area contributed by atoms with E-state index in [2.05, 4.69) is 15.5 Å². The number of benzene rings is 1. The van der Waals surface area contributed by atoms with Gasteiger partial charge in [-0.05, 0) is 30.3 Å². The van der Waals surface area contributed by atoms with E-state index in [1.54, 1.807) is 19.2 Å². The number of hydrogen-bond acceptors (Lipinski definition) is 5. The lowest BCUT2D eigenvalue weighted by Crippen LogP contribution is -1.95. The molecule has 1 heterocycles. The number of aromatic nitrogens is 2. The van der Waals surface area contributed by atoms with Crippen LogP contribution in [0.3, 0.4) is 0 Å². The first-order valence-electron chi connectivity index (χ1n) is 4.74. The van der Waals surface area contributed by atoms with Crippen LogP contribution in [0.25, 0.3) is 11.3 Å². The molecule has 5 nitrogen and oxygen atoms in total. The van der Waals surface area contributed by atoms with Crippen LogP contribution in [0.2, 0.25) is 0 Å². The predicted octanol–water partition coefficient (Wildman–Crippen LogP) is 1.60. The second kappa shape index (κ2) is 4.06. The summed E-state index contributed by atoms with van der Waals surface area (Å²) in [5.41, 5.74) is 0.961. The number of nitrogens with one attached hydrogen (secondary N) is 1. The molecule has 0 aliphatic carbocycles. The number of hydrogen-bond donors (Lipinski definition) is 3. The molecule has 2 aromatic rings. The first-order chi connectivity index (χ1) is 7.70. The normalized spacial score (nSPS) is 10.1. The Labute approximate surface area is 92.4 Å². The van der Waals surface area contributed by atoms with Crippen molar-refractivity contribution in [2.75, 3.05) is 12.4 Å². The molecule has 0 saturated carbocycles. The summed E-state index contributed by atoms with van der Waals surface area (Å²) in [5.74, 6) is 0.778. The molecule has 2 rings (SSSR count). The molecule has 0 aliphatic rings. The van der Waals surface area contributed by atoms with Crippen LogP contribution in [0.1, 0.15) is 0 Å². The summed E-state index contributed by atoms with van der Waals surface area (Å²) >= 11 is 0. The van der Waals surface area contributed by atoms with E-state index in [0.717, 1.165) is 0 Å². The van der Waals surface area contributed by atoms with Crippen LogP contribution >= 0.6 is 0 Å². The number of phenols is 2. The van der Waals surface area contributed by atoms with E-state index in [9.17, 15) is 10.2 Å². The lowest BCUT2D eigenvalue weighted by atomic mass is 10.1. The van der Waals surface area contributed by atoms with Crippen molar-refractivity contribution in [3.63, 3.8) is 0 Å². The highest BCUT2D eigenvalue weighted by atomic mass is 16.3. The fraction of sp³-hybridized carbons (Fsp3) is 0.0909. The van der Waals surface area contributed by atoms with Crippen LogP contribution in [0.5, 0.6) is 11.5 Å². The first-order valence-corrected chi connectivity index (χ1v) is 4.74. The molecule has 16 heavy (non-hydrogen) atoms. The fourth-order valence-electron chi connectivity index (χ4n) is 1.34. The Bertz CT molecular complexity index is 497. The highest BCUT2D eigenvalue weighted by Gasteiger charge is 2.07. The largest absolute Gasteiger partial charge is 0.508 e. The third kappa shape index (κ3) is 1.88. The lowest BCUT2D eigenvalue weighted by Gasteiger charge is -2.04. The van der Waals surface area contributed by atoms with Gasteiger partial charge in [-0.3, -0.25) is 0 Å². The van der Waals surface area contributed by atoms with Gasteiger partial charge in [0.25, 0.3) is 0 Å². The van der Waals surface area contributed by atoms with Crippen molar-refractivity contribution in [2.45, 2.75) is 0 Å². The van der Waals surface area contributed by atoms with E-state index in [-0.39, 0.29) is 11.5 Å². The highest BCUT2D eigenvalue weighted by Crippen LogP contribution is 2.30. The summed E-state index contributed by atoms with van der Waals surface area (Å²) in [7, 11) is 1.75. The number of aromatic hydroxyl groups is 2. The zero-order chi connectivity index (χ0) is 11.5. The Balaban J connectivity index is 2.45. The van der Waals surface area contributed by atoms with Crippen LogP contribution < -0.4 is 5.32 Å². The van der Waals surface area contributed by atoms with Crippen LogP contribution in [0.4, 0.5) is 5.82 Å². The standard InChI is InChI=1S/C11H11N3O2/c1-12-11-5-3-9(13-14-11)8-6-7(15)2-4-10(8)16/h2-6,15-16H,1H3,(H,12,14). The zero-order valence-electron chi connectivity index (χ0n) is 8.68. The van der Waals surface area contributed by atoms with Gasteiger partial charge in [0, 0.05) is 12.6 Å². The summed E-state index contributed by atoms with van der Waals surface area (Å²) in [5, 5.41) is 29.6. The third-order valence-electron chi connectivity index (χ3n) is 2.18. The van der Waals surface area contributed by atoms with Gasteiger partial charge in [-0.2, -0.15) is 0 Å². The van der Waals surface area contributed by atoms with Gasteiger partial charge in [0.1, 0.15) is 17.3 Å². The Morgan fingerprint density at radius 3 is 2.50 bits per heavy atom. The smallest absolute Gasteiger partial charge is 0.148 e. The maximum atomic E-state index is 9.62. The Hall–Kier alpha value is -2.30. The summed E-state index contributed by atoms with van der Waals surface area (Å²) in [6.45, 7) is 0. The van der Waals surface area contributed by atoms with Gasteiger partial charge in [-0.25, -0.2) is 0 Å². The summed E-state index contributed by atoms with van der Waals surface area (Å²) in [6.07, 6.45) is 0. The van der Waals surface area contributed by atoms with E-state index in [4.69, 9.17) is 0 Å². The van der Waals surface area contributed by atoms with Crippen LogP contribution in [0.15, 0.2) is 30.3 Å². The molecule has 3 N–H and O–H groups in total. The van der Waals surface area contributed by atoms with E-state index in [1.807, 2.05) is 0 Å². The van der Waals surface area contributed by atoms with Crippen molar-refractivity contribution < 1.29 is 10.2 Å². The van der Waals surface area contributed by atoms with Crippen molar-refractivity contribution >= 4 is 5.82 Å². The molecule has 0 fully saturated rings. The average Bonchev–Trinajstić information content (AvgIpc) is 2.32. The molecule has 0 bridgehead atoms. The minimum Gasteiger partial charge on any atom is -0.508 e. The number of anilines is 1. The molecule has 82 valence electrons. The van der Waals surface area contributed by atoms with Gasteiger partial charge in [-0.15, -0.1) is 10.2 Å². The summed E-state index contributed by atoms with van der Waals surface area (Å²) < 4.78 is 0. The monoisotopic (exact) mass is 217 g/mol. The number of nitrogens with zero attached hydrogens (tertiary/aromatic N) is 2. The molecule has 1 aromatic heterocycles. The molecular formula is C11H11N3O2. The van der Waals surface area contributed by atoms with E-state index >= 15 is 0 Å². The van der Waals surface area contributed by atoms with Crippen molar-refractivity contribution in [2.24, 2.45) is 0 Å². The van der Waals surface area contributed by atoms with Crippen molar-refractivity contribution in [3.05, 3.63) is 30.3 Å². The van der Waals surface area contributed by atoms with Gasteiger partial charge in [0.05, 0.1) is 5.69 Å². The second-order valence-electron chi connectivity index (χ2n) is 3.26. The van der Waals surface area contributed by atoms with Crippen LogP contribution in [-0.4, -0.2) is 27.5 Å². The van der Waals surface area contributed by atoms with Crippen molar-refractivity contribution in [3.8, 4) is 22.8 Å². The van der Waals surface area contributed by atoms with Gasteiger partial charge in [0.2, 0.25) is 0 Å². The molecule has 0 saturated heterocycles. The van der Waals surface area contributed by atoms with Gasteiger partial charge in [0.15, 0.2) is 0 Å². The predicted molar refractivity (Wildman–Crippen MR) is 60.3 cm³/mol. The first kappa shape index (κ1) is 10.2. The molecule has 1 aromatic carbocycles. The van der Waals surface area contributed by atoms with E-state index in [0.29, 0.717) is 17.1 Å². The molecule has 0 aliphatic heterocycles. The average molecular weight is 217 g/mol. The molecule has 0 radical (unpaired) electrons. The molecule has 0 unspecified atom stereocenters. The topological polar surface area (TPSA) is 78.3 Å². The molecule has 0 amide bonds. The minimum atomic E-state index is 0.0595. The molecule has 0 atom stereocenters. The van der Waals surface area contributed by atoms with Crippen molar-refractivity contribution in [1.29, 1.82) is 0 Å². The Morgan fingerprint density at radius 1 is 1.06 bits per heavy atom. The van der Waals surface area contributed by atoms with Gasteiger partial charge >= 0.3 is 0 Å². The molecule has 0 spiro atoms. The fourth-order valence-corrected chi connectivity index (χ4v) is 1.34. The van der Waals surface area contributed by atoms with E-state index < -0.39 is 0 Å². The Morgan fingerprint density at radius 2 is 1.88 bits per heavy atom. The van der Waals surface area contributed by atoms with Crippen LogP contribution in [-0.2, 0) is 0 Å². The number of phenolic OH excluding ortho intramolecular Hbond substituents is 2. The highest BCUT2D eigenvalue weighted by molar-refractivity contribution is 5.68. The third-order valence-corrected chi connectivity index (χ3v) is 2.18. The minimum absolute atomic E-state index is 0.0595. The van der Waals surface area contributed by atoms with Crippen molar-refractivity contribution in [1.82, 2.24) is 10.2 Å². The molecular weight excluding hydrogens is 206 g/mol. The van der Waals surface area contributed by atoms with Gasteiger partial charge < -0.3 is 15.5 Å². The second-order valence-corrected chi connectivity index (χ2v) is 3.26. The van der Waals surface area contributed by atoms with E-state index in [1.165, 1.54) is 18.2 Å². The number of rotatable bonds is 2. The summed E-state index contributed by atoms with van der Waals surface area (Å²) in [6, 6.07) is 7.73.